The maximum atomic E-state index is 11.9. The summed E-state index contributed by atoms with van der Waals surface area (Å²) in [6.07, 6.45) is 0. The van der Waals surface area contributed by atoms with Crippen molar-refractivity contribution < 1.29 is 19.4 Å². The van der Waals surface area contributed by atoms with E-state index >= 15 is 0 Å². The fourth-order valence-electron chi connectivity index (χ4n) is 1.98. The molecule has 0 saturated carbocycles. The van der Waals surface area contributed by atoms with Crippen LogP contribution in [0.5, 0.6) is 5.75 Å². The minimum Gasteiger partial charge on any atom is -0.484 e. The monoisotopic (exact) mass is 299 g/mol. The van der Waals surface area contributed by atoms with E-state index in [2.05, 4.69) is 5.32 Å². The quantitative estimate of drug-likeness (QED) is 0.859. The summed E-state index contributed by atoms with van der Waals surface area (Å²) in [5.74, 6) is -0.952. The molecule has 22 heavy (non-hydrogen) atoms. The van der Waals surface area contributed by atoms with Crippen LogP contribution in [0.2, 0.25) is 0 Å². The van der Waals surface area contributed by atoms with E-state index in [1.165, 1.54) is 12.1 Å². The Morgan fingerprint density at radius 1 is 1.14 bits per heavy atom. The molecular weight excluding hydrogens is 282 g/mol. The second kappa shape index (κ2) is 7.26. The molecule has 2 N–H and O–H groups in total. The van der Waals surface area contributed by atoms with Gasteiger partial charge in [-0.2, -0.15) is 0 Å². The Morgan fingerprint density at radius 3 is 2.55 bits per heavy atom. The van der Waals surface area contributed by atoms with E-state index in [1.807, 2.05) is 37.3 Å². The number of carbonyl (C=O) groups excluding carboxylic acids is 1. The number of amides is 1. The Morgan fingerprint density at radius 2 is 1.86 bits per heavy atom. The molecule has 0 unspecified atom stereocenters. The Balaban J connectivity index is 1.88. The van der Waals surface area contributed by atoms with Crippen LogP contribution >= 0.6 is 0 Å². The van der Waals surface area contributed by atoms with Crippen molar-refractivity contribution in [3.05, 3.63) is 65.7 Å². The first kappa shape index (κ1) is 15.6. The molecule has 0 aliphatic carbocycles. The molecule has 0 saturated heterocycles. The molecule has 5 nitrogen and oxygen atoms in total. The molecule has 5 heteroatoms. The Kier molecular flexibility index (Phi) is 5.14. The molecule has 0 fully saturated rings. The zero-order valence-electron chi connectivity index (χ0n) is 12.2. The minimum absolute atomic E-state index is 0.121. The van der Waals surface area contributed by atoms with Crippen molar-refractivity contribution in [3.8, 4) is 5.75 Å². The molecule has 2 aromatic rings. The number of rotatable bonds is 6. The van der Waals surface area contributed by atoms with Crippen molar-refractivity contribution in [1.82, 2.24) is 5.32 Å². The van der Waals surface area contributed by atoms with Crippen molar-refractivity contribution in [2.45, 2.75) is 13.0 Å². The van der Waals surface area contributed by atoms with Crippen LogP contribution in [0.15, 0.2) is 54.6 Å². The molecule has 1 atom stereocenters. The lowest BCUT2D eigenvalue weighted by molar-refractivity contribution is -0.123. The van der Waals surface area contributed by atoms with Crippen molar-refractivity contribution in [3.63, 3.8) is 0 Å². The molecule has 0 heterocycles. The maximum Gasteiger partial charge on any atom is 0.335 e. The minimum atomic E-state index is -1.03. The van der Waals surface area contributed by atoms with Crippen molar-refractivity contribution >= 4 is 11.9 Å². The standard InChI is InChI=1S/C17H17NO4/c1-12(13-6-3-2-4-7-13)18-16(19)11-22-15-9-5-8-14(10-15)17(20)21/h2-10,12H,11H2,1H3,(H,18,19)(H,20,21)/t12-/m1/s1. The van der Waals surface area contributed by atoms with Crippen LogP contribution in [-0.2, 0) is 4.79 Å². The third-order valence-electron chi connectivity index (χ3n) is 3.13. The van der Waals surface area contributed by atoms with Gasteiger partial charge in [0, 0.05) is 0 Å². The third-order valence-corrected chi connectivity index (χ3v) is 3.13. The first-order valence-electron chi connectivity index (χ1n) is 6.86. The number of benzene rings is 2. The van der Waals surface area contributed by atoms with Crippen LogP contribution in [-0.4, -0.2) is 23.6 Å². The zero-order chi connectivity index (χ0) is 15.9. The molecule has 0 aliphatic rings. The van der Waals surface area contributed by atoms with E-state index in [0.29, 0.717) is 5.75 Å². The van der Waals surface area contributed by atoms with E-state index < -0.39 is 5.97 Å². The highest BCUT2D eigenvalue weighted by Crippen LogP contribution is 2.14. The van der Waals surface area contributed by atoms with E-state index in [1.54, 1.807) is 12.1 Å². The van der Waals surface area contributed by atoms with Crippen LogP contribution in [0.4, 0.5) is 0 Å². The Bertz CT molecular complexity index is 655. The van der Waals surface area contributed by atoms with E-state index in [-0.39, 0.29) is 24.1 Å². The van der Waals surface area contributed by atoms with Crippen LogP contribution in [0.1, 0.15) is 28.9 Å². The fraction of sp³-hybridized carbons (Fsp3) is 0.176. The summed E-state index contributed by atoms with van der Waals surface area (Å²) in [4.78, 5) is 22.7. The van der Waals surface area contributed by atoms with Gasteiger partial charge in [-0.3, -0.25) is 4.79 Å². The van der Waals surface area contributed by atoms with E-state index in [4.69, 9.17) is 9.84 Å². The van der Waals surface area contributed by atoms with Gasteiger partial charge in [0.25, 0.3) is 5.91 Å². The number of hydrogen-bond donors (Lipinski definition) is 2. The molecule has 1 amide bonds. The van der Waals surface area contributed by atoms with E-state index in [9.17, 15) is 9.59 Å². The highest BCUT2D eigenvalue weighted by Gasteiger charge is 2.10. The number of ether oxygens (including phenoxy) is 1. The molecular formula is C17H17NO4. The highest BCUT2D eigenvalue weighted by atomic mass is 16.5. The summed E-state index contributed by atoms with van der Waals surface area (Å²) >= 11 is 0. The molecule has 2 aromatic carbocycles. The summed E-state index contributed by atoms with van der Waals surface area (Å²) in [7, 11) is 0. The SMILES string of the molecule is C[C@@H](NC(=O)COc1cccc(C(=O)O)c1)c1ccccc1. The molecule has 0 radical (unpaired) electrons. The predicted octanol–water partition coefficient (Wildman–Crippen LogP) is 2.64. The predicted molar refractivity (Wildman–Crippen MR) is 81.9 cm³/mol. The molecule has 2 rings (SSSR count). The van der Waals surface area contributed by atoms with Gasteiger partial charge in [-0.25, -0.2) is 4.79 Å². The number of carbonyl (C=O) groups is 2. The lowest BCUT2D eigenvalue weighted by Gasteiger charge is -2.14. The lowest BCUT2D eigenvalue weighted by atomic mass is 10.1. The van der Waals surface area contributed by atoms with Crippen LogP contribution < -0.4 is 10.1 Å². The average molecular weight is 299 g/mol. The van der Waals surface area contributed by atoms with Gasteiger partial charge >= 0.3 is 5.97 Å². The first-order chi connectivity index (χ1) is 10.6. The second-order valence-corrected chi connectivity index (χ2v) is 4.82. The van der Waals surface area contributed by atoms with Gasteiger partial charge < -0.3 is 15.2 Å². The summed E-state index contributed by atoms with van der Waals surface area (Å²) < 4.78 is 5.32. The number of nitrogens with one attached hydrogen (secondary N) is 1. The van der Waals surface area contributed by atoms with Crippen molar-refractivity contribution in [2.75, 3.05) is 6.61 Å². The van der Waals surface area contributed by atoms with Crippen LogP contribution in [0.25, 0.3) is 0 Å². The third kappa shape index (κ3) is 4.34. The van der Waals surface area contributed by atoms with Gasteiger partial charge in [0.1, 0.15) is 5.75 Å². The van der Waals surface area contributed by atoms with Gasteiger partial charge in [0.05, 0.1) is 11.6 Å². The number of carboxylic acids is 1. The summed E-state index contributed by atoms with van der Waals surface area (Å²) in [5, 5.41) is 11.7. The van der Waals surface area contributed by atoms with Gasteiger partial charge in [-0.15, -0.1) is 0 Å². The van der Waals surface area contributed by atoms with Crippen LogP contribution in [0.3, 0.4) is 0 Å². The maximum absolute atomic E-state index is 11.9. The average Bonchev–Trinajstić information content (AvgIpc) is 2.54. The summed E-state index contributed by atoms with van der Waals surface area (Å²) in [6.45, 7) is 1.72. The molecule has 0 spiro atoms. The number of hydrogen-bond acceptors (Lipinski definition) is 3. The molecule has 114 valence electrons. The van der Waals surface area contributed by atoms with E-state index in [0.717, 1.165) is 5.56 Å². The Hall–Kier alpha value is -2.82. The second-order valence-electron chi connectivity index (χ2n) is 4.82. The summed E-state index contributed by atoms with van der Waals surface area (Å²) in [6, 6.07) is 15.5. The number of aromatic carboxylic acids is 1. The largest absolute Gasteiger partial charge is 0.484 e. The van der Waals surface area contributed by atoms with Gasteiger partial charge in [-0.1, -0.05) is 36.4 Å². The van der Waals surface area contributed by atoms with Crippen molar-refractivity contribution in [1.29, 1.82) is 0 Å². The van der Waals surface area contributed by atoms with Crippen LogP contribution in [0, 0.1) is 0 Å². The highest BCUT2D eigenvalue weighted by molar-refractivity contribution is 5.88. The normalized spacial score (nSPS) is 11.5. The molecule has 0 aliphatic heterocycles. The molecule has 0 bridgehead atoms. The molecule has 0 aromatic heterocycles. The Labute approximate surface area is 128 Å². The smallest absolute Gasteiger partial charge is 0.335 e. The topological polar surface area (TPSA) is 75.6 Å². The van der Waals surface area contributed by atoms with Gasteiger partial charge in [0.15, 0.2) is 6.61 Å². The van der Waals surface area contributed by atoms with Crippen molar-refractivity contribution in [2.24, 2.45) is 0 Å². The fourth-order valence-corrected chi connectivity index (χ4v) is 1.98. The zero-order valence-corrected chi connectivity index (χ0v) is 12.2. The number of carboxylic acid groups (broad SMARTS) is 1. The lowest BCUT2D eigenvalue weighted by Crippen LogP contribution is -2.31. The van der Waals surface area contributed by atoms with Gasteiger partial charge in [-0.05, 0) is 30.7 Å². The summed E-state index contributed by atoms with van der Waals surface area (Å²) in [5.41, 5.74) is 1.12. The first-order valence-corrected chi connectivity index (χ1v) is 6.86. The van der Waals surface area contributed by atoms with Gasteiger partial charge in [0.2, 0.25) is 0 Å².